The fourth-order valence-corrected chi connectivity index (χ4v) is 5.34. The molecule has 0 atom stereocenters. The second-order valence-electron chi connectivity index (χ2n) is 10.3. The lowest BCUT2D eigenvalue weighted by atomic mass is 9.85. The van der Waals surface area contributed by atoms with Gasteiger partial charge in [0.1, 0.15) is 17.7 Å². The number of nitrogens with one attached hydrogen (secondary N) is 2. The van der Waals surface area contributed by atoms with E-state index in [9.17, 15) is 18.8 Å². The zero-order chi connectivity index (χ0) is 27.2. The average Bonchev–Trinajstić information content (AvgIpc) is 3.43. The van der Waals surface area contributed by atoms with Gasteiger partial charge < -0.3 is 9.64 Å². The van der Waals surface area contributed by atoms with E-state index in [0.717, 1.165) is 42.4 Å². The largest absolute Gasteiger partial charge is 0.446 e. The van der Waals surface area contributed by atoms with Crippen molar-refractivity contribution in [1.82, 2.24) is 25.5 Å². The van der Waals surface area contributed by atoms with Crippen LogP contribution in [-0.2, 0) is 40.1 Å². The highest BCUT2D eigenvalue weighted by molar-refractivity contribution is 5.88. The topological polar surface area (TPSA) is 130 Å². The van der Waals surface area contributed by atoms with E-state index in [1.807, 2.05) is 18.2 Å². The summed E-state index contributed by atoms with van der Waals surface area (Å²) >= 11 is 0. The van der Waals surface area contributed by atoms with Gasteiger partial charge in [-0.25, -0.2) is 9.18 Å². The summed E-state index contributed by atoms with van der Waals surface area (Å²) in [6.07, 6.45) is 3.95. The number of hydrogen-bond donors (Lipinski definition) is 2. The normalized spacial score (nSPS) is 18.7. The Kier molecular flexibility index (Phi) is 8.24. The molecule has 2 aliphatic rings. The lowest BCUT2D eigenvalue weighted by Gasteiger charge is -2.32. The number of H-pyrrole nitrogens is 1. The number of aromatic nitrogens is 4. The van der Waals surface area contributed by atoms with Crippen molar-refractivity contribution in [2.24, 2.45) is 5.92 Å². The number of hydrogen-bond acceptors (Lipinski definition) is 7. The number of tetrazole rings is 1. The van der Waals surface area contributed by atoms with Gasteiger partial charge in [-0.15, -0.1) is 5.10 Å². The van der Waals surface area contributed by atoms with E-state index in [2.05, 4.69) is 25.9 Å². The van der Waals surface area contributed by atoms with Crippen LogP contribution < -0.4 is 5.32 Å². The first kappa shape index (κ1) is 26.5. The van der Waals surface area contributed by atoms with Crippen LogP contribution in [0.5, 0.6) is 0 Å². The van der Waals surface area contributed by atoms with Crippen LogP contribution in [0.2, 0.25) is 0 Å². The van der Waals surface area contributed by atoms with Crippen molar-refractivity contribution in [3.05, 3.63) is 70.5 Å². The molecule has 0 radical (unpaired) electrons. The van der Waals surface area contributed by atoms with E-state index in [1.165, 1.54) is 6.07 Å². The molecule has 1 fully saturated rings. The molecule has 2 heterocycles. The zero-order valence-electron chi connectivity index (χ0n) is 21.6. The molecule has 0 bridgehead atoms. The van der Waals surface area contributed by atoms with Gasteiger partial charge in [0.25, 0.3) is 5.95 Å². The summed E-state index contributed by atoms with van der Waals surface area (Å²) in [5.41, 5.74) is 3.47. The van der Waals surface area contributed by atoms with Gasteiger partial charge in [-0.1, -0.05) is 41.5 Å². The molecule has 0 spiro atoms. The van der Waals surface area contributed by atoms with E-state index in [-0.39, 0.29) is 54.4 Å². The molecular formula is C28H31FN6O4. The molecule has 1 saturated carbocycles. The molecule has 2 amide bonds. The fraction of sp³-hybridized carbons (Fsp3) is 0.429. The molecule has 1 aromatic heterocycles. The Bertz CT molecular complexity index is 1320. The number of carbonyl (C=O) groups excluding carboxylic acids is 3. The lowest BCUT2D eigenvalue weighted by molar-refractivity contribution is -0.118. The molecule has 39 heavy (non-hydrogen) atoms. The molecule has 11 heteroatoms. The van der Waals surface area contributed by atoms with Gasteiger partial charge >= 0.3 is 6.09 Å². The van der Waals surface area contributed by atoms with Gasteiger partial charge in [-0.3, -0.25) is 14.9 Å². The first-order valence-electron chi connectivity index (χ1n) is 13.3. The molecule has 10 nitrogen and oxygen atoms in total. The maximum Gasteiger partial charge on any atom is 0.410 e. The predicted molar refractivity (Wildman–Crippen MR) is 139 cm³/mol. The number of ketones is 1. The van der Waals surface area contributed by atoms with Crippen molar-refractivity contribution in [3.8, 4) is 0 Å². The van der Waals surface area contributed by atoms with E-state index in [1.54, 1.807) is 23.1 Å². The highest BCUT2D eigenvalue weighted by Crippen LogP contribution is 2.30. The quantitative estimate of drug-likeness (QED) is 0.450. The predicted octanol–water partition coefficient (Wildman–Crippen LogP) is 3.78. The van der Waals surface area contributed by atoms with Crippen LogP contribution in [-0.4, -0.2) is 56.0 Å². The van der Waals surface area contributed by atoms with Gasteiger partial charge in [-0.05, 0) is 71.6 Å². The SMILES string of the molecule is O=C(Cc1ccc2c(c1)CCN(C(=O)OC1CCC(CC(=O)Nc3nn[nH]n3)CC1)C2)Cc1ccccc1F. The molecule has 0 saturated heterocycles. The zero-order valence-corrected chi connectivity index (χ0v) is 21.6. The van der Waals surface area contributed by atoms with Crippen LogP contribution in [0.3, 0.4) is 0 Å². The van der Waals surface area contributed by atoms with E-state index in [4.69, 9.17) is 4.74 Å². The second-order valence-corrected chi connectivity index (χ2v) is 10.3. The first-order valence-corrected chi connectivity index (χ1v) is 13.3. The van der Waals surface area contributed by atoms with Crippen molar-refractivity contribution >= 4 is 23.7 Å². The van der Waals surface area contributed by atoms with Crippen LogP contribution >= 0.6 is 0 Å². The molecule has 5 rings (SSSR count). The van der Waals surface area contributed by atoms with Crippen molar-refractivity contribution in [2.45, 2.75) is 64.0 Å². The Morgan fingerprint density at radius 3 is 2.64 bits per heavy atom. The van der Waals surface area contributed by atoms with Crippen molar-refractivity contribution in [1.29, 1.82) is 0 Å². The minimum Gasteiger partial charge on any atom is -0.446 e. The number of amides is 2. The number of Topliss-reactive ketones (excluding diaryl/α,β-unsaturated/α-hetero) is 1. The maximum atomic E-state index is 13.9. The summed E-state index contributed by atoms with van der Waals surface area (Å²) < 4.78 is 19.7. The maximum absolute atomic E-state index is 13.9. The van der Waals surface area contributed by atoms with Crippen molar-refractivity contribution in [2.75, 3.05) is 11.9 Å². The van der Waals surface area contributed by atoms with Gasteiger partial charge in [-0.2, -0.15) is 5.21 Å². The van der Waals surface area contributed by atoms with Gasteiger partial charge in [0.2, 0.25) is 5.91 Å². The standard InChI is InChI=1S/C28H31FN6O4/c29-25-4-2-1-3-21(25)16-23(36)14-19-5-8-22-17-35(12-11-20(22)13-19)28(38)39-24-9-6-18(7-10-24)15-26(37)30-27-31-33-34-32-27/h1-5,8,13,18,24H,6-7,9-12,14-17H2,(H2,30,31,32,33,34,37). The highest BCUT2D eigenvalue weighted by atomic mass is 19.1. The Hall–Kier alpha value is -4.15. The van der Waals surface area contributed by atoms with Crippen molar-refractivity contribution < 1.29 is 23.5 Å². The number of fused-ring (bicyclic) bond motifs is 1. The lowest BCUT2D eigenvalue weighted by Crippen LogP contribution is -2.39. The minimum atomic E-state index is -0.361. The third-order valence-corrected chi connectivity index (χ3v) is 7.42. The highest BCUT2D eigenvalue weighted by Gasteiger charge is 2.29. The molecule has 2 N–H and O–H groups in total. The van der Waals surface area contributed by atoms with E-state index >= 15 is 0 Å². The number of benzene rings is 2. The van der Waals surface area contributed by atoms with Crippen LogP contribution in [0.25, 0.3) is 0 Å². The Balaban J connectivity index is 1.06. The summed E-state index contributed by atoms with van der Waals surface area (Å²) in [5.74, 6) is -0.165. The Labute approximate surface area is 225 Å². The van der Waals surface area contributed by atoms with Gasteiger partial charge in [0, 0.05) is 32.4 Å². The number of halogens is 1. The number of carbonyl (C=O) groups is 3. The molecule has 3 aromatic rings. The van der Waals surface area contributed by atoms with Gasteiger partial charge in [0.15, 0.2) is 0 Å². The summed E-state index contributed by atoms with van der Waals surface area (Å²) in [4.78, 5) is 39.2. The number of ether oxygens (including phenoxy) is 1. The number of nitrogens with zero attached hydrogens (tertiary/aromatic N) is 4. The average molecular weight is 535 g/mol. The molecular weight excluding hydrogens is 503 g/mol. The number of rotatable bonds is 8. The van der Waals surface area contributed by atoms with Crippen LogP contribution in [0.15, 0.2) is 42.5 Å². The summed E-state index contributed by atoms with van der Waals surface area (Å²) in [7, 11) is 0. The van der Waals surface area contributed by atoms with E-state index < -0.39 is 0 Å². The Morgan fingerprint density at radius 1 is 1.05 bits per heavy atom. The molecule has 2 aromatic carbocycles. The number of aromatic amines is 1. The van der Waals surface area contributed by atoms with E-state index in [0.29, 0.717) is 31.5 Å². The number of anilines is 1. The third-order valence-electron chi connectivity index (χ3n) is 7.42. The third kappa shape index (κ3) is 7.04. The molecule has 1 aliphatic heterocycles. The van der Waals surface area contributed by atoms with Crippen molar-refractivity contribution in [3.63, 3.8) is 0 Å². The van der Waals surface area contributed by atoms with Crippen LogP contribution in [0.1, 0.15) is 54.4 Å². The first-order chi connectivity index (χ1) is 18.9. The molecule has 1 aliphatic carbocycles. The Morgan fingerprint density at radius 2 is 1.87 bits per heavy atom. The van der Waals surface area contributed by atoms with Crippen LogP contribution in [0.4, 0.5) is 15.1 Å². The second kappa shape index (κ2) is 12.1. The smallest absolute Gasteiger partial charge is 0.410 e. The monoisotopic (exact) mass is 534 g/mol. The molecule has 204 valence electrons. The molecule has 0 unspecified atom stereocenters. The summed E-state index contributed by atoms with van der Waals surface area (Å²) in [5, 5.41) is 15.8. The van der Waals surface area contributed by atoms with Gasteiger partial charge in [0.05, 0.1) is 0 Å². The van der Waals surface area contributed by atoms with Crippen LogP contribution in [0, 0.1) is 11.7 Å². The fourth-order valence-electron chi connectivity index (χ4n) is 5.34. The summed E-state index contributed by atoms with van der Waals surface area (Å²) in [6.45, 7) is 1.01. The minimum absolute atomic E-state index is 0.0385. The summed E-state index contributed by atoms with van der Waals surface area (Å²) in [6, 6.07) is 12.2.